The molecule has 0 radical (unpaired) electrons. The van der Waals surface area contributed by atoms with Crippen molar-refractivity contribution in [2.24, 2.45) is 5.92 Å². The van der Waals surface area contributed by atoms with Crippen LogP contribution in [-0.2, 0) is 30.9 Å². The Kier molecular flexibility index (Phi) is 7.17. The summed E-state index contributed by atoms with van der Waals surface area (Å²) in [4.78, 5) is 24.3. The SMILES string of the molecule is O=C(COC(=O)C1CCN(S(=O)(=O)c2ccccc2)CC1)NCc1ccccc1F. The number of sulfonamides is 1. The van der Waals surface area contributed by atoms with Gasteiger partial charge in [0.1, 0.15) is 5.82 Å². The van der Waals surface area contributed by atoms with Crippen molar-refractivity contribution < 1.29 is 27.1 Å². The number of hydrogen-bond acceptors (Lipinski definition) is 5. The molecule has 1 amide bonds. The third kappa shape index (κ3) is 5.43. The Bertz CT molecular complexity index is 989. The Morgan fingerprint density at radius 2 is 1.67 bits per heavy atom. The minimum atomic E-state index is -3.59. The number of rotatable bonds is 7. The van der Waals surface area contributed by atoms with E-state index in [9.17, 15) is 22.4 Å². The highest BCUT2D eigenvalue weighted by Crippen LogP contribution is 2.24. The maximum atomic E-state index is 13.5. The lowest BCUT2D eigenvalue weighted by atomic mass is 9.98. The van der Waals surface area contributed by atoms with Crippen LogP contribution in [0.15, 0.2) is 59.5 Å². The van der Waals surface area contributed by atoms with Gasteiger partial charge in [-0.05, 0) is 31.0 Å². The number of ether oxygens (including phenoxy) is 1. The van der Waals surface area contributed by atoms with Crippen molar-refractivity contribution in [3.8, 4) is 0 Å². The van der Waals surface area contributed by atoms with Gasteiger partial charge in [-0.3, -0.25) is 9.59 Å². The molecule has 30 heavy (non-hydrogen) atoms. The molecule has 160 valence electrons. The van der Waals surface area contributed by atoms with Crippen molar-refractivity contribution in [2.75, 3.05) is 19.7 Å². The normalized spacial score (nSPS) is 15.5. The number of hydrogen-bond donors (Lipinski definition) is 1. The molecule has 2 aromatic rings. The highest BCUT2D eigenvalue weighted by molar-refractivity contribution is 7.89. The molecule has 0 atom stereocenters. The van der Waals surface area contributed by atoms with Gasteiger partial charge in [0.15, 0.2) is 6.61 Å². The van der Waals surface area contributed by atoms with Crippen molar-refractivity contribution in [1.29, 1.82) is 0 Å². The molecular formula is C21H23FN2O5S. The summed E-state index contributed by atoms with van der Waals surface area (Å²) in [5.74, 6) is -1.96. The van der Waals surface area contributed by atoms with Crippen LogP contribution in [0.4, 0.5) is 4.39 Å². The van der Waals surface area contributed by atoms with Gasteiger partial charge >= 0.3 is 5.97 Å². The Morgan fingerprint density at radius 1 is 1.03 bits per heavy atom. The maximum Gasteiger partial charge on any atom is 0.309 e. The number of carbonyl (C=O) groups is 2. The molecule has 0 aliphatic carbocycles. The van der Waals surface area contributed by atoms with Crippen molar-refractivity contribution in [3.63, 3.8) is 0 Å². The molecule has 1 saturated heterocycles. The van der Waals surface area contributed by atoms with E-state index in [0.29, 0.717) is 18.4 Å². The van der Waals surface area contributed by atoms with Crippen LogP contribution in [0.25, 0.3) is 0 Å². The van der Waals surface area contributed by atoms with Crippen LogP contribution in [0.3, 0.4) is 0 Å². The molecule has 1 fully saturated rings. The van der Waals surface area contributed by atoms with E-state index in [-0.39, 0.29) is 24.5 Å². The van der Waals surface area contributed by atoms with Crippen LogP contribution >= 0.6 is 0 Å². The molecule has 0 bridgehead atoms. The summed E-state index contributed by atoms with van der Waals surface area (Å²) < 4.78 is 45.2. The maximum absolute atomic E-state index is 13.5. The first-order valence-corrected chi connectivity index (χ1v) is 11.0. The first-order chi connectivity index (χ1) is 14.4. The van der Waals surface area contributed by atoms with Crippen LogP contribution in [0.1, 0.15) is 18.4 Å². The summed E-state index contributed by atoms with van der Waals surface area (Å²) >= 11 is 0. The van der Waals surface area contributed by atoms with E-state index in [4.69, 9.17) is 4.74 Å². The molecule has 1 heterocycles. The first-order valence-electron chi connectivity index (χ1n) is 9.60. The predicted molar refractivity (Wildman–Crippen MR) is 107 cm³/mol. The molecule has 1 N–H and O–H groups in total. The highest BCUT2D eigenvalue weighted by atomic mass is 32.2. The van der Waals surface area contributed by atoms with E-state index in [2.05, 4.69) is 5.32 Å². The molecular weight excluding hydrogens is 411 g/mol. The number of carbonyl (C=O) groups excluding carboxylic acids is 2. The van der Waals surface area contributed by atoms with Gasteiger partial charge in [0.2, 0.25) is 10.0 Å². The van der Waals surface area contributed by atoms with E-state index in [1.807, 2.05) is 0 Å². The zero-order valence-electron chi connectivity index (χ0n) is 16.3. The molecule has 3 rings (SSSR count). The summed E-state index contributed by atoms with van der Waals surface area (Å²) in [5.41, 5.74) is 0.337. The quantitative estimate of drug-likeness (QED) is 0.674. The van der Waals surface area contributed by atoms with Crippen LogP contribution in [0, 0.1) is 11.7 Å². The number of nitrogens with one attached hydrogen (secondary N) is 1. The second-order valence-corrected chi connectivity index (χ2v) is 8.91. The van der Waals surface area contributed by atoms with Crippen LogP contribution < -0.4 is 5.32 Å². The third-order valence-electron chi connectivity index (χ3n) is 4.95. The number of halogens is 1. The summed E-state index contributed by atoms with van der Waals surface area (Å²) in [6, 6.07) is 14.2. The van der Waals surface area contributed by atoms with E-state index < -0.39 is 40.2 Å². The molecule has 0 unspecified atom stereocenters. The van der Waals surface area contributed by atoms with Gasteiger partial charge < -0.3 is 10.1 Å². The molecule has 0 saturated carbocycles. The smallest absolute Gasteiger partial charge is 0.309 e. The summed E-state index contributed by atoms with van der Waals surface area (Å²) in [6.07, 6.45) is 0.642. The number of benzene rings is 2. The molecule has 7 nitrogen and oxygen atoms in total. The fraction of sp³-hybridized carbons (Fsp3) is 0.333. The Morgan fingerprint density at radius 3 is 2.33 bits per heavy atom. The highest BCUT2D eigenvalue weighted by Gasteiger charge is 2.32. The standard InChI is InChI=1S/C21H23FN2O5S/c22-19-9-5-4-6-17(19)14-23-20(25)15-29-21(26)16-10-12-24(13-11-16)30(27,28)18-7-2-1-3-8-18/h1-9,16H,10-15H2,(H,23,25). The van der Waals surface area contributed by atoms with Crippen LogP contribution in [0.2, 0.25) is 0 Å². The fourth-order valence-electron chi connectivity index (χ4n) is 3.21. The Balaban J connectivity index is 1.43. The molecule has 9 heteroatoms. The largest absolute Gasteiger partial charge is 0.455 e. The minimum absolute atomic E-state index is 0.00120. The Labute approximate surface area is 174 Å². The summed E-state index contributed by atoms with van der Waals surface area (Å²) in [5, 5.41) is 2.50. The number of piperidine rings is 1. The zero-order chi connectivity index (χ0) is 21.6. The Hall–Kier alpha value is -2.78. The van der Waals surface area contributed by atoms with Crippen molar-refractivity contribution in [1.82, 2.24) is 9.62 Å². The minimum Gasteiger partial charge on any atom is -0.455 e. The van der Waals surface area contributed by atoms with Gasteiger partial charge in [0.25, 0.3) is 5.91 Å². The van der Waals surface area contributed by atoms with Gasteiger partial charge in [0.05, 0.1) is 10.8 Å². The predicted octanol–water partition coefficient (Wildman–Crippen LogP) is 2.09. The topological polar surface area (TPSA) is 92.8 Å². The third-order valence-corrected chi connectivity index (χ3v) is 6.86. The molecule has 0 spiro atoms. The second-order valence-electron chi connectivity index (χ2n) is 6.97. The monoisotopic (exact) mass is 434 g/mol. The fourth-order valence-corrected chi connectivity index (χ4v) is 4.71. The number of amides is 1. The number of nitrogens with zero attached hydrogens (tertiary/aromatic N) is 1. The van der Waals surface area contributed by atoms with Crippen LogP contribution in [-0.4, -0.2) is 44.3 Å². The van der Waals surface area contributed by atoms with E-state index in [1.165, 1.54) is 22.5 Å². The zero-order valence-corrected chi connectivity index (χ0v) is 17.1. The number of esters is 1. The lowest BCUT2D eigenvalue weighted by molar-refractivity contribution is -0.153. The van der Waals surface area contributed by atoms with E-state index >= 15 is 0 Å². The molecule has 0 aromatic heterocycles. The van der Waals surface area contributed by atoms with Gasteiger partial charge in [-0.1, -0.05) is 36.4 Å². The van der Waals surface area contributed by atoms with E-state index in [0.717, 1.165) is 0 Å². The van der Waals surface area contributed by atoms with Gasteiger partial charge in [-0.2, -0.15) is 4.31 Å². The first kappa shape index (κ1) is 21.9. The molecule has 1 aliphatic rings. The molecule has 2 aromatic carbocycles. The van der Waals surface area contributed by atoms with Gasteiger partial charge in [-0.25, -0.2) is 12.8 Å². The van der Waals surface area contributed by atoms with Gasteiger partial charge in [-0.15, -0.1) is 0 Å². The van der Waals surface area contributed by atoms with Crippen LogP contribution in [0.5, 0.6) is 0 Å². The average Bonchev–Trinajstić information content (AvgIpc) is 2.77. The van der Waals surface area contributed by atoms with Gasteiger partial charge in [0, 0.05) is 25.2 Å². The summed E-state index contributed by atoms with van der Waals surface area (Å²) in [7, 11) is -3.59. The van der Waals surface area contributed by atoms with Crippen molar-refractivity contribution in [2.45, 2.75) is 24.3 Å². The lowest BCUT2D eigenvalue weighted by Gasteiger charge is -2.30. The summed E-state index contributed by atoms with van der Waals surface area (Å²) in [6.45, 7) is -0.0540. The van der Waals surface area contributed by atoms with Crippen molar-refractivity contribution in [3.05, 3.63) is 66.0 Å². The lowest BCUT2D eigenvalue weighted by Crippen LogP contribution is -2.41. The van der Waals surface area contributed by atoms with Crippen molar-refractivity contribution >= 4 is 21.9 Å². The second kappa shape index (κ2) is 9.82. The average molecular weight is 434 g/mol. The van der Waals surface area contributed by atoms with E-state index in [1.54, 1.807) is 36.4 Å². The molecule has 1 aliphatic heterocycles.